The molecule has 0 heterocycles. The minimum atomic E-state index is -0.196. The molecule has 128 valence electrons. The van der Waals surface area contributed by atoms with E-state index >= 15 is 0 Å². The van der Waals surface area contributed by atoms with Crippen molar-refractivity contribution in [1.29, 1.82) is 0 Å². The lowest BCUT2D eigenvalue weighted by Gasteiger charge is -2.59. The molecule has 0 radical (unpaired) electrons. The summed E-state index contributed by atoms with van der Waals surface area (Å²) in [6.07, 6.45) is 11.7. The molecule has 0 bridgehead atoms. The highest BCUT2D eigenvalue weighted by Gasteiger charge is 2.60. The Morgan fingerprint density at radius 2 is 1.96 bits per heavy atom. The molecule has 0 amide bonds. The van der Waals surface area contributed by atoms with Crippen LogP contribution < -0.4 is 0 Å². The lowest BCUT2D eigenvalue weighted by Crippen LogP contribution is -2.55. The Bertz CT molecular complexity index is 562. The molecule has 0 aromatic heterocycles. The van der Waals surface area contributed by atoms with Crippen LogP contribution in [0.2, 0.25) is 0 Å². The summed E-state index contributed by atoms with van der Waals surface area (Å²) in [5.41, 5.74) is 3.34. The van der Waals surface area contributed by atoms with Gasteiger partial charge >= 0.3 is 0 Å². The summed E-state index contributed by atoms with van der Waals surface area (Å²) in [7, 11) is 0. The van der Waals surface area contributed by atoms with Crippen molar-refractivity contribution in [1.82, 2.24) is 0 Å². The summed E-state index contributed by atoms with van der Waals surface area (Å²) in [5.74, 6) is 1.73. The number of rotatable bonds is 0. The van der Waals surface area contributed by atoms with Gasteiger partial charge in [0, 0.05) is 0 Å². The summed E-state index contributed by atoms with van der Waals surface area (Å²) in [4.78, 5) is 0. The van der Waals surface area contributed by atoms with Gasteiger partial charge in [-0.3, -0.25) is 0 Å². The van der Waals surface area contributed by atoms with E-state index in [1.54, 1.807) is 5.57 Å². The minimum Gasteiger partial charge on any atom is -0.393 e. The molecule has 7 atom stereocenters. The molecule has 2 heteroatoms. The van der Waals surface area contributed by atoms with Crippen LogP contribution in [0.4, 0.5) is 0 Å². The Labute approximate surface area is 140 Å². The van der Waals surface area contributed by atoms with Crippen molar-refractivity contribution in [2.45, 2.75) is 77.9 Å². The molecule has 0 saturated heterocycles. The van der Waals surface area contributed by atoms with Crippen LogP contribution in [0.5, 0.6) is 0 Å². The molecule has 4 rings (SSSR count). The van der Waals surface area contributed by atoms with Gasteiger partial charge in [0.1, 0.15) is 0 Å². The normalized spacial score (nSPS) is 54.2. The quantitative estimate of drug-likeness (QED) is 0.657. The number of allylic oxidation sites excluding steroid dienone is 3. The number of fused-ring (bicyclic) bond motifs is 5. The summed E-state index contributed by atoms with van der Waals surface area (Å²) < 4.78 is 0. The fourth-order valence-electron chi connectivity index (χ4n) is 7.09. The minimum absolute atomic E-state index is 0.113. The fraction of sp³-hybridized carbons (Fsp3) is 0.810. The first-order valence-corrected chi connectivity index (χ1v) is 9.61. The zero-order valence-corrected chi connectivity index (χ0v) is 14.9. The second kappa shape index (κ2) is 5.20. The molecule has 3 fully saturated rings. The monoisotopic (exact) mass is 316 g/mol. The number of hydrogen-bond donors (Lipinski definition) is 2. The molecule has 2 N–H and O–H groups in total. The zero-order chi connectivity index (χ0) is 16.4. The van der Waals surface area contributed by atoms with Gasteiger partial charge in [0.2, 0.25) is 0 Å². The van der Waals surface area contributed by atoms with Crippen LogP contribution in [0.3, 0.4) is 0 Å². The molecule has 1 unspecified atom stereocenters. The van der Waals surface area contributed by atoms with Crippen LogP contribution in [0.25, 0.3) is 0 Å². The third kappa shape index (κ3) is 2.07. The predicted molar refractivity (Wildman–Crippen MR) is 92.9 cm³/mol. The van der Waals surface area contributed by atoms with Crippen LogP contribution in [0.1, 0.15) is 65.7 Å². The summed E-state index contributed by atoms with van der Waals surface area (Å²) in [6, 6.07) is 0. The van der Waals surface area contributed by atoms with Crippen LogP contribution >= 0.6 is 0 Å². The number of hydrogen-bond acceptors (Lipinski definition) is 2. The van der Waals surface area contributed by atoms with Crippen LogP contribution in [0, 0.1) is 28.6 Å². The van der Waals surface area contributed by atoms with Gasteiger partial charge in [-0.05, 0) is 80.5 Å². The van der Waals surface area contributed by atoms with Crippen molar-refractivity contribution in [2.75, 3.05) is 0 Å². The molecule has 0 aliphatic heterocycles. The molecule has 23 heavy (non-hydrogen) atoms. The lowest BCUT2D eigenvalue weighted by atomic mass is 9.47. The highest BCUT2D eigenvalue weighted by Crippen LogP contribution is 2.66. The standard InChI is InChI=1S/C21H32O2/c1-4-13-6-8-17-16-7-5-14-11-15(22)9-10-20(14,2)19(16)18(23)12-21(13,17)3/h4-5,15-19,22-23H,6-12H2,1-3H3/b13-4-/t15-,16-,17-,18?,19+,20-,21+/m0/s1. The first kappa shape index (κ1) is 15.9. The fourth-order valence-corrected chi connectivity index (χ4v) is 7.09. The van der Waals surface area contributed by atoms with E-state index in [0.29, 0.717) is 11.8 Å². The average molecular weight is 316 g/mol. The van der Waals surface area contributed by atoms with Gasteiger partial charge in [-0.15, -0.1) is 0 Å². The topological polar surface area (TPSA) is 40.5 Å². The number of aliphatic hydroxyl groups excluding tert-OH is 2. The third-order valence-corrected chi connectivity index (χ3v) is 8.21. The van der Waals surface area contributed by atoms with Gasteiger partial charge < -0.3 is 10.2 Å². The van der Waals surface area contributed by atoms with Crippen molar-refractivity contribution in [3.63, 3.8) is 0 Å². The Morgan fingerprint density at radius 3 is 2.70 bits per heavy atom. The highest BCUT2D eigenvalue weighted by molar-refractivity contribution is 5.30. The van der Waals surface area contributed by atoms with Crippen LogP contribution in [0.15, 0.2) is 23.3 Å². The van der Waals surface area contributed by atoms with E-state index in [4.69, 9.17) is 0 Å². The maximum Gasteiger partial charge on any atom is 0.0587 e. The van der Waals surface area contributed by atoms with Gasteiger partial charge in [0.15, 0.2) is 0 Å². The molecule has 0 spiro atoms. The summed E-state index contributed by atoms with van der Waals surface area (Å²) in [6.45, 7) is 6.95. The Kier molecular flexibility index (Phi) is 3.59. The van der Waals surface area contributed by atoms with E-state index in [9.17, 15) is 10.2 Å². The van der Waals surface area contributed by atoms with E-state index in [2.05, 4.69) is 32.9 Å². The van der Waals surface area contributed by atoms with Gasteiger partial charge in [-0.2, -0.15) is 0 Å². The predicted octanol–water partition coefficient (Wildman–Crippen LogP) is 4.23. The maximum absolute atomic E-state index is 11.2. The van der Waals surface area contributed by atoms with Crippen LogP contribution in [-0.4, -0.2) is 22.4 Å². The largest absolute Gasteiger partial charge is 0.393 e. The van der Waals surface area contributed by atoms with E-state index in [1.807, 2.05) is 0 Å². The van der Waals surface area contributed by atoms with Crippen molar-refractivity contribution in [2.24, 2.45) is 28.6 Å². The van der Waals surface area contributed by atoms with E-state index < -0.39 is 0 Å². The van der Waals surface area contributed by atoms with E-state index in [1.165, 1.54) is 18.4 Å². The van der Waals surface area contributed by atoms with Gasteiger partial charge in [-0.25, -0.2) is 0 Å². The van der Waals surface area contributed by atoms with Crippen molar-refractivity contribution in [3.8, 4) is 0 Å². The van der Waals surface area contributed by atoms with E-state index in [-0.39, 0.29) is 23.0 Å². The highest BCUT2D eigenvalue weighted by atomic mass is 16.3. The zero-order valence-electron chi connectivity index (χ0n) is 14.9. The van der Waals surface area contributed by atoms with Crippen molar-refractivity contribution < 1.29 is 10.2 Å². The SMILES string of the molecule is C/C=C1/CC[C@H]2[C@@H]3CC=C4C[C@@H](O)CC[C@]4(C)[C@H]3C(O)C[C@]12C. The van der Waals surface area contributed by atoms with Crippen LogP contribution in [-0.2, 0) is 0 Å². The Balaban J connectivity index is 1.74. The smallest absolute Gasteiger partial charge is 0.0587 e. The number of aliphatic hydroxyl groups is 2. The summed E-state index contributed by atoms with van der Waals surface area (Å²) in [5, 5.41) is 21.3. The van der Waals surface area contributed by atoms with Gasteiger partial charge in [-0.1, -0.05) is 37.1 Å². The first-order valence-electron chi connectivity index (χ1n) is 9.61. The summed E-state index contributed by atoms with van der Waals surface area (Å²) >= 11 is 0. The van der Waals surface area contributed by atoms with Gasteiger partial charge in [0.05, 0.1) is 12.2 Å². The Morgan fingerprint density at radius 1 is 1.17 bits per heavy atom. The average Bonchev–Trinajstić information content (AvgIpc) is 2.83. The second-order valence-corrected chi connectivity index (χ2v) is 9.12. The second-order valence-electron chi connectivity index (χ2n) is 9.12. The molecule has 2 nitrogen and oxygen atoms in total. The van der Waals surface area contributed by atoms with Gasteiger partial charge in [0.25, 0.3) is 0 Å². The molecule has 0 aromatic rings. The molecule has 4 aliphatic carbocycles. The van der Waals surface area contributed by atoms with Crippen molar-refractivity contribution in [3.05, 3.63) is 23.3 Å². The first-order chi connectivity index (χ1) is 10.9. The van der Waals surface area contributed by atoms with Crippen molar-refractivity contribution >= 4 is 0 Å². The molecule has 0 aromatic carbocycles. The third-order valence-electron chi connectivity index (χ3n) is 8.21. The van der Waals surface area contributed by atoms with E-state index in [0.717, 1.165) is 38.0 Å². The molecular weight excluding hydrogens is 284 g/mol. The lowest BCUT2D eigenvalue weighted by molar-refractivity contribution is -0.107. The maximum atomic E-state index is 11.2. The Hall–Kier alpha value is -0.600. The molecule has 4 aliphatic rings. The molecular formula is C21H32O2. The molecule has 3 saturated carbocycles.